The third-order valence-corrected chi connectivity index (χ3v) is 4.35. The molecule has 0 aliphatic heterocycles. The number of anilines is 1. The maximum Gasteiger partial charge on any atom is 0.434 e. The van der Waals surface area contributed by atoms with Crippen LogP contribution in [0.1, 0.15) is 28.8 Å². The van der Waals surface area contributed by atoms with Crippen LogP contribution in [-0.2, 0) is 6.18 Å². The lowest BCUT2D eigenvalue weighted by Gasteiger charge is -2.25. The lowest BCUT2D eigenvalue weighted by molar-refractivity contribution is -0.141. The van der Waals surface area contributed by atoms with Crippen molar-refractivity contribution in [3.63, 3.8) is 0 Å². The molecule has 0 spiro atoms. The van der Waals surface area contributed by atoms with E-state index in [0.717, 1.165) is 6.20 Å². The minimum absolute atomic E-state index is 0.172. The van der Waals surface area contributed by atoms with Gasteiger partial charge in [-0.25, -0.2) is 15.0 Å². The van der Waals surface area contributed by atoms with Gasteiger partial charge in [-0.15, -0.1) is 4.80 Å². The third kappa shape index (κ3) is 4.70. The van der Waals surface area contributed by atoms with Crippen molar-refractivity contribution in [2.24, 2.45) is 0 Å². The lowest BCUT2D eigenvalue weighted by Crippen LogP contribution is -2.40. The van der Waals surface area contributed by atoms with Gasteiger partial charge in [0, 0.05) is 25.3 Å². The van der Waals surface area contributed by atoms with E-state index in [1.165, 1.54) is 22.1 Å². The molecule has 1 N–H and O–H groups in total. The highest BCUT2D eigenvalue weighted by molar-refractivity contribution is 5.95. The average molecular weight is 420 g/mol. The standard InChI is InChI=1S/C18H19F3N8O/c1-11-4-5-13(29-25-6-7-26-29)16(27-11)17(30)28(3)12(2)8-23-15-10-22-14(9-24-15)18(19,20)21/h4-7,9-10,12H,8H2,1-3H3,(H,23,24). The number of rotatable bonds is 6. The summed E-state index contributed by atoms with van der Waals surface area (Å²) in [6.45, 7) is 3.79. The number of hydrogen-bond acceptors (Lipinski definition) is 7. The molecular weight excluding hydrogens is 401 g/mol. The van der Waals surface area contributed by atoms with Crippen molar-refractivity contribution < 1.29 is 18.0 Å². The lowest BCUT2D eigenvalue weighted by atomic mass is 10.2. The Bertz CT molecular complexity index is 1010. The molecule has 0 bridgehead atoms. The Hall–Kier alpha value is -3.57. The number of nitrogens with one attached hydrogen (secondary N) is 1. The van der Waals surface area contributed by atoms with Crippen molar-refractivity contribution in [2.75, 3.05) is 18.9 Å². The van der Waals surface area contributed by atoms with E-state index in [4.69, 9.17) is 0 Å². The van der Waals surface area contributed by atoms with Gasteiger partial charge in [-0.1, -0.05) is 0 Å². The van der Waals surface area contributed by atoms with Crippen molar-refractivity contribution >= 4 is 11.7 Å². The first-order chi connectivity index (χ1) is 14.2. The molecular formula is C18H19F3N8O. The zero-order valence-electron chi connectivity index (χ0n) is 16.4. The van der Waals surface area contributed by atoms with Gasteiger partial charge in [0.1, 0.15) is 11.5 Å². The van der Waals surface area contributed by atoms with E-state index < -0.39 is 11.9 Å². The van der Waals surface area contributed by atoms with Crippen LogP contribution in [0.15, 0.2) is 36.9 Å². The maximum absolute atomic E-state index is 13.0. The summed E-state index contributed by atoms with van der Waals surface area (Å²) in [7, 11) is 1.61. The van der Waals surface area contributed by atoms with Crippen LogP contribution in [0.5, 0.6) is 0 Å². The van der Waals surface area contributed by atoms with Crippen molar-refractivity contribution in [3.05, 3.63) is 54.0 Å². The Morgan fingerprint density at radius 2 is 1.90 bits per heavy atom. The summed E-state index contributed by atoms with van der Waals surface area (Å²) < 4.78 is 37.7. The van der Waals surface area contributed by atoms with Crippen molar-refractivity contribution in [2.45, 2.75) is 26.1 Å². The summed E-state index contributed by atoms with van der Waals surface area (Å²) in [5.41, 5.74) is 0.221. The smallest absolute Gasteiger partial charge is 0.367 e. The number of hydrogen-bond donors (Lipinski definition) is 1. The molecule has 3 rings (SSSR count). The number of pyridine rings is 1. The zero-order chi connectivity index (χ0) is 21.9. The van der Waals surface area contributed by atoms with Gasteiger partial charge in [-0.2, -0.15) is 23.4 Å². The molecule has 1 amide bonds. The Labute approximate surface area is 170 Å². The van der Waals surface area contributed by atoms with Crippen LogP contribution < -0.4 is 5.32 Å². The zero-order valence-corrected chi connectivity index (χ0v) is 16.4. The summed E-state index contributed by atoms with van der Waals surface area (Å²) in [6, 6.07) is 3.13. The molecule has 0 aliphatic rings. The predicted octanol–water partition coefficient (Wildman–Crippen LogP) is 2.35. The fraction of sp³-hybridized carbons (Fsp3) is 0.333. The first-order valence-corrected chi connectivity index (χ1v) is 8.91. The second kappa shape index (κ2) is 8.43. The second-order valence-electron chi connectivity index (χ2n) is 6.57. The van der Waals surface area contributed by atoms with Gasteiger partial charge in [0.15, 0.2) is 11.4 Å². The van der Waals surface area contributed by atoms with Crippen LogP contribution >= 0.6 is 0 Å². The van der Waals surface area contributed by atoms with Gasteiger partial charge in [0.2, 0.25) is 0 Å². The summed E-state index contributed by atoms with van der Waals surface area (Å²) >= 11 is 0. The fourth-order valence-electron chi connectivity index (χ4n) is 2.53. The van der Waals surface area contributed by atoms with Crippen LogP contribution in [0.2, 0.25) is 0 Å². The Morgan fingerprint density at radius 1 is 1.20 bits per heavy atom. The van der Waals surface area contributed by atoms with E-state index >= 15 is 0 Å². The Balaban J connectivity index is 1.70. The number of aryl methyl sites for hydroxylation is 1. The SMILES string of the molecule is Cc1ccc(-n2nccn2)c(C(=O)N(C)C(C)CNc2cnc(C(F)(F)F)cn2)n1. The van der Waals surface area contributed by atoms with E-state index in [1.807, 2.05) is 0 Å². The number of alkyl halides is 3. The molecule has 0 saturated heterocycles. The van der Waals surface area contributed by atoms with Crippen molar-refractivity contribution in [3.8, 4) is 5.69 Å². The molecule has 12 heteroatoms. The molecule has 0 aromatic carbocycles. The molecule has 3 aromatic rings. The van der Waals surface area contributed by atoms with Crippen LogP contribution in [0, 0.1) is 6.92 Å². The van der Waals surface area contributed by atoms with Gasteiger partial charge in [0.05, 0.1) is 24.8 Å². The largest absolute Gasteiger partial charge is 0.434 e. The molecule has 3 heterocycles. The topological polar surface area (TPSA) is 102 Å². The number of aromatic nitrogens is 6. The quantitative estimate of drug-likeness (QED) is 0.653. The minimum atomic E-state index is -4.55. The molecule has 0 radical (unpaired) electrons. The first kappa shape index (κ1) is 21.1. The summed E-state index contributed by atoms with van der Waals surface area (Å²) in [5.74, 6) is -0.176. The molecule has 9 nitrogen and oxygen atoms in total. The number of likely N-dealkylation sites (N-methyl/N-ethyl adjacent to an activating group) is 1. The number of halogens is 3. The Kier molecular flexibility index (Phi) is 5.94. The van der Waals surface area contributed by atoms with Gasteiger partial charge >= 0.3 is 6.18 Å². The fourth-order valence-corrected chi connectivity index (χ4v) is 2.53. The van der Waals surface area contributed by atoms with E-state index in [1.54, 1.807) is 33.0 Å². The normalized spacial score (nSPS) is 12.5. The van der Waals surface area contributed by atoms with Crippen molar-refractivity contribution in [1.29, 1.82) is 0 Å². The first-order valence-electron chi connectivity index (χ1n) is 8.91. The van der Waals surface area contributed by atoms with E-state index in [2.05, 4.69) is 30.5 Å². The molecule has 1 atom stereocenters. The molecule has 30 heavy (non-hydrogen) atoms. The van der Waals surface area contributed by atoms with Gasteiger partial charge in [0.25, 0.3) is 5.91 Å². The monoisotopic (exact) mass is 420 g/mol. The van der Waals surface area contributed by atoms with Crippen molar-refractivity contribution in [1.82, 2.24) is 34.8 Å². The van der Waals surface area contributed by atoms with Gasteiger partial charge < -0.3 is 10.2 Å². The highest BCUT2D eigenvalue weighted by Gasteiger charge is 2.32. The molecule has 0 fully saturated rings. The van der Waals surface area contributed by atoms with E-state index in [0.29, 0.717) is 17.6 Å². The molecule has 1 unspecified atom stereocenters. The summed E-state index contributed by atoms with van der Waals surface area (Å²) in [4.78, 5) is 27.2. The number of carbonyl (C=O) groups is 1. The summed E-state index contributed by atoms with van der Waals surface area (Å²) in [6.07, 6.45) is 0.0984. The highest BCUT2D eigenvalue weighted by Crippen LogP contribution is 2.26. The Morgan fingerprint density at radius 3 is 2.50 bits per heavy atom. The van der Waals surface area contributed by atoms with E-state index in [9.17, 15) is 18.0 Å². The minimum Gasteiger partial charge on any atom is -0.367 e. The van der Waals surface area contributed by atoms with Crippen LogP contribution in [0.4, 0.5) is 19.0 Å². The number of nitrogens with zero attached hydrogens (tertiary/aromatic N) is 7. The molecule has 0 aliphatic carbocycles. The second-order valence-corrected chi connectivity index (χ2v) is 6.57. The van der Waals surface area contributed by atoms with E-state index in [-0.39, 0.29) is 30.0 Å². The molecule has 158 valence electrons. The molecule has 3 aromatic heterocycles. The maximum atomic E-state index is 13.0. The average Bonchev–Trinajstić information content (AvgIpc) is 3.25. The van der Waals surface area contributed by atoms with Gasteiger partial charge in [-0.05, 0) is 26.0 Å². The van der Waals surface area contributed by atoms with Gasteiger partial charge in [-0.3, -0.25) is 4.79 Å². The van der Waals surface area contributed by atoms with Crippen LogP contribution in [0.3, 0.4) is 0 Å². The third-order valence-electron chi connectivity index (χ3n) is 4.35. The van der Waals surface area contributed by atoms with Crippen LogP contribution in [0.25, 0.3) is 5.69 Å². The molecule has 0 saturated carbocycles. The highest BCUT2D eigenvalue weighted by atomic mass is 19.4. The number of carbonyl (C=O) groups excluding carboxylic acids is 1. The summed E-state index contributed by atoms with van der Waals surface area (Å²) in [5, 5.41) is 11.0. The predicted molar refractivity (Wildman–Crippen MR) is 101 cm³/mol. The van der Waals surface area contributed by atoms with Crippen LogP contribution in [-0.4, -0.2) is 60.4 Å². The number of amides is 1.